The second-order valence-electron chi connectivity index (χ2n) is 11.3. The van der Waals surface area contributed by atoms with Crippen molar-refractivity contribution in [1.82, 2.24) is 4.90 Å². The number of phenols is 1. The van der Waals surface area contributed by atoms with Crippen molar-refractivity contribution < 1.29 is 43.9 Å². The fourth-order valence-corrected chi connectivity index (χ4v) is 6.17. The lowest BCUT2D eigenvalue weighted by Crippen LogP contribution is -2.48. The minimum Gasteiger partial charge on any atom is -0.507 e. The maximum absolute atomic E-state index is 14.4. The first-order valence-electron chi connectivity index (χ1n) is 13.5. The highest BCUT2D eigenvalue weighted by atomic mass is 16.7. The van der Waals surface area contributed by atoms with Crippen LogP contribution in [0.5, 0.6) is 11.5 Å². The predicted molar refractivity (Wildman–Crippen MR) is 140 cm³/mol. The largest absolute Gasteiger partial charge is 0.507 e. The van der Waals surface area contributed by atoms with E-state index in [4.69, 9.17) is 14.2 Å². The molecule has 1 unspecified atom stereocenters. The van der Waals surface area contributed by atoms with E-state index in [-0.39, 0.29) is 51.8 Å². The van der Waals surface area contributed by atoms with Gasteiger partial charge in [-0.1, -0.05) is 26.0 Å². The molecule has 40 heavy (non-hydrogen) atoms. The number of nitrogens with zero attached hydrogens (tertiary/aromatic N) is 1. The van der Waals surface area contributed by atoms with Crippen LogP contribution in [0, 0.1) is 12.8 Å². The second kappa shape index (κ2) is 9.43. The van der Waals surface area contributed by atoms with Crippen LogP contribution in [0.2, 0.25) is 0 Å². The molecule has 210 valence electrons. The molecule has 10 nitrogen and oxygen atoms in total. The predicted octanol–water partition coefficient (Wildman–Crippen LogP) is 3.01. The van der Waals surface area contributed by atoms with Gasteiger partial charge in [0, 0.05) is 23.1 Å². The van der Waals surface area contributed by atoms with Crippen molar-refractivity contribution in [2.24, 2.45) is 5.92 Å². The normalized spacial score (nSPS) is 29.2. The first kappa shape index (κ1) is 26.5. The molecule has 1 aliphatic carbocycles. The van der Waals surface area contributed by atoms with Gasteiger partial charge in [0.2, 0.25) is 18.3 Å². The molecule has 0 aromatic heterocycles. The summed E-state index contributed by atoms with van der Waals surface area (Å²) < 4.78 is 17.5. The molecular weight excluding hydrogens is 518 g/mol. The Balaban J connectivity index is 1.51. The van der Waals surface area contributed by atoms with Gasteiger partial charge in [-0.25, -0.2) is 4.79 Å². The van der Waals surface area contributed by atoms with E-state index < -0.39 is 54.4 Å². The minimum absolute atomic E-state index is 0.000405. The van der Waals surface area contributed by atoms with Gasteiger partial charge < -0.3 is 34.4 Å². The second-order valence-corrected chi connectivity index (χ2v) is 11.3. The first-order valence-corrected chi connectivity index (χ1v) is 13.5. The van der Waals surface area contributed by atoms with E-state index >= 15 is 0 Å². The van der Waals surface area contributed by atoms with E-state index in [1.165, 1.54) is 18.2 Å². The third-order valence-electron chi connectivity index (χ3n) is 7.96. The van der Waals surface area contributed by atoms with Crippen molar-refractivity contribution >= 4 is 23.1 Å². The smallest absolute Gasteiger partial charge is 0.331 e. The van der Waals surface area contributed by atoms with E-state index in [0.29, 0.717) is 17.5 Å². The lowest BCUT2D eigenvalue weighted by atomic mass is 9.78. The van der Waals surface area contributed by atoms with Crippen molar-refractivity contribution in [3.63, 3.8) is 0 Å². The molecule has 0 saturated carbocycles. The van der Waals surface area contributed by atoms with Gasteiger partial charge in [-0.15, -0.1) is 0 Å². The third-order valence-corrected chi connectivity index (χ3v) is 7.96. The van der Waals surface area contributed by atoms with Crippen molar-refractivity contribution in [2.75, 3.05) is 0 Å². The van der Waals surface area contributed by atoms with Crippen LogP contribution in [0.25, 0.3) is 5.57 Å². The topological polar surface area (TPSA) is 143 Å². The summed E-state index contributed by atoms with van der Waals surface area (Å²) in [5.41, 5.74) is 1.42. The van der Waals surface area contributed by atoms with Gasteiger partial charge in [-0.3, -0.25) is 9.59 Å². The number of rotatable bonds is 4. The Morgan fingerprint density at radius 1 is 1.10 bits per heavy atom. The fourth-order valence-electron chi connectivity index (χ4n) is 6.17. The Hall–Kier alpha value is -3.73. The SMILES string of the molecule is Cc1cc(O)c2c(c1)C1OC(=O)[C@H](CC(C)C)N1C1=C2C(=O)c2cccc(O[C@H]3C[C@@H](O)[C@@H](O)[C@H](C)O3)c2C1=O. The van der Waals surface area contributed by atoms with Crippen molar-refractivity contribution in [3.05, 3.63) is 63.8 Å². The summed E-state index contributed by atoms with van der Waals surface area (Å²) in [5, 5.41) is 31.3. The number of ether oxygens (including phenoxy) is 3. The van der Waals surface area contributed by atoms with Crippen LogP contribution < -0.4 is 4.74 Å². The van der Waals surface area contributed by atoms with Crippen molar-refractivity contribution in [1.29, 1.82) is 0 Å². The van der Waals surface area contributed by atoms with Crippen LogP contribution in [0.3, 0.4) is 0 Å². The van der Waals surface area contributed by atoms with Crippen LogP contribution in [0.1, 0.15) is 77.2 Å². The van der Waals surface area contributed by atoms with Crippen LogP contribution in [0.4, 0.5) is 0 Å². The molecule has 2 aromatic rings. The maximum atomic E-state index is 14.4. The number of phenolic OH excluding ortho intramolecular Hbond substituents is 1. The lowest BCUT2D eigenvalue weighted by molar-refractivity contribution is -0.216. The van der Waals surface area contributed by atoms with Gasteiger partial charge in [0.15, 0.2) is 5.78 Å². The Morgan fingerprint density at radius 2 is 1.85 bits per heavy atom. The monoisotopic (exact) mass is 549 g/mol. The minimum atomic E-state index is -1.09. The zero-order valence-electron chi connectivity index (χ0n) is 22.6. The molecular formula is C30H31NO9. The van der Waals surface area contributed by atoms with Gasteiger partial charge in [-0.05, 0) is 49.9 Å². The Morgan fingerprint density at radius 3 is 2.55 bits per heavy atom. The molecule has 10 heteroatoms. The zero-order valence-corrected chi connectivity index (χ0v) is 22.6. The van der Waals surface area contributed by atoms with Gasteiger partial charge in [0.1, 0.15) is 29.3 Å². The molecule has 0 bridgehead atoms. The third kappa shape index (κ3) is 3.93. The summed E-state index contributed by atoms with van der Waals surface area (Å²) in [7, 11) is 0. The number of aromatic hydroxyl groups is 1. The number of aliphatic hydroxyl groups excluding tert-OH is 2. The van der Waals surface area contributed by atoms with Gasteiger partial charge in [0.05, 0.1) is 23.3 Å². The standard InChI is InChI=1S/C30H31NO9/c1-12(2)8-17-30(37)40-29-16-9-13(3)10-18(32)22(16)24-25(31(17)29)28(36)23-15(27(24)35)6-5-7-20(23)39-21-11-19(33)26(34)14(4)38-21/h5-7,9-10,12,14,17,19,21,26,29,32-34H,8,11H2,1-4H3/t14-,17-,19+,21-,26-,29?/m0/s1. The zero-order chi connectivity index (χ0) is 28.6. The van der Waals surface area contributed by atoms with E-state index in [0.717, 1.165) is 0 Å². The molecule has 3 aliphatic heterocycles. The molecule has 3 heterocycles. The molecule has 6 rings (SSSR count). The molecule has 2 fully saturated rings. The van der Waals surface area contributed by atoms with Crippen molar-refractivity contribution in [2.45, 2.75) is 77.4 Å². The number of allylic oxidation sites excluding steroid dienone is 2. The molecule has 2 aromatic carbocycles. The first-order chi connectivity index (χ1) is 19.0. The van der Waals surface area contributed by atoms with Crippen LogP contribution in [0.15, 0.2) is 36.0 Å². The lowest BCUT2D eigenvalue weighted by Gasteiger charge is -2.39. The molecule has 6 atom stereocenters. The molecule has 0 radical (unpaired) electrons. The number of aliphatic hydroxyl groups is 2. The molecule has 3 N–H and O–H groups in total. The quantitative estimate of drug-likeness (QED) is 0.487. The van der Waals surface area contributed by atoms with Crippen LogP contribution in [-0.2, 0) is 14.3 Å². The summed E-state index contributed by atoms with van der Waals surface area (Å²) in [4.78, 5) is 43.3. The number of benzene rings is 2. The molecule has 0 spiro atoms. The van der Waals surface area contributed by atoms with E-state index in [2.05, 4.69) is 0 Å². The fraction of sp³-hybridized carbons (Fsp3) is 0.433. The number of carbonyl (C=O) groups is 3. The molecule has 0 amide bonds. The summed E-state index contributed by atoms with van der Waals surface area (Å²) >= 11 is 0. The number of aryl methyl sites for hydroxylation is 1. The van der Waals surface area contributed by atoms with Gasteiger partial charge in [0.25, 0.3) is 0 Å². The van der Waals surface area contributed by atoms with Gasteiger partial charge in [-0.2, -0.15) is 0 Å². The summed E-state index contributed by atoms with van der Waals surface area (Å²) in [6.07, 6.45) is -4.50. The Labute approximate surface area is 230 Å². The highest BCUT2D eigenvalue weighted by Gasteiger charge is 2.54. The highest BCUT2D eigenvalue weighted by Crippen LogP contribution is 2.52. The van der Waals surface area contributed by atoms with Gasteiger partial charge >= 0.3 is 5.97 Å². The number of esters is 1. The molecule has 2 saturated heterocycles. The average molecular weight is 550 g/mol. The maximum Gasteiger partial charge on any atom is 0.331 e. The van der Waals surface area contributed by atoms with Crippen LogP contribution >= 0.6 is 0 Å². The average Bonchev–Trinajstić information content (AvgIpc) is 3.20. The number of carbonyl (C=O) groups excluding carboxylic acids is 3. The molecule has 4 aliphatic rings. The Kier molecular flexibility index (Phi) is 6.25. The number of hydrogen-bond donors (Lipinski definition) is 3. The van der Waals surface area contributed by atoms with Crippen molar-refractivity contribution in [3.8, 4) is 11.5 Å². The van der Waals surface area contributed by atoms with E-state index in [1.807, 2.05) is 13.8 Å². The number of hydrogen-bond acceptors (Lipinski definition) is 10. The summed E-state index contributed by atoms with van der Waals surface area (Å²) in [6, 6.07) is 7.09. The van der Waals surface area contributed by atoms with E-state index in [1.54, 1.807) is 30.9 Å². The Bertz CT molecular complexity index is 1470. The summed E-state index contributed by atoms with van der Waals surface area (Å²) in [6.45, 7) is 7.29. The summed E-state index contributed by atoms with van der Waals surface area (Å²) in [5.74, 6) is -1.57. The number of fused-ring (bicyclic) bond motifs is 6. The number of Topliss-reactive ketones (excluding diaryl/α,β-unsaturated/α-hetero) is 2. The van der Waals surface area contributed by atoms with Crippen LogP contribution in [-0.4, -0.2) is 68.4 Å². The number of ketones is 2. The highest BCUT2D eigenvalue weighted by molar-refractivity contribution is 6.41. The van der Waals surface area contributed by atoms with E-state index in [9.17, 15) is 29.7 Å².